The summed E-state index contributed by atoms with van der Waals surface area (Å²) in [6.07, 6.45) is 1.46. The number of hydrogen-bond donors (Lipinski definition) is 0. The third-order valence-electron chi connectivity index (χ3n) is 3.25. The summed E-state index contributed by atoms with van der Waals surface area (Å²) in [5, 5.41) is 0.692. The van der Waals surface area contributed by atoms with E-state index in [9.17, 15) is 4.79 Å². The molecule has 3 rings (SSSR count). The molecule has 4 nitrogen and oxygen atoms in total. The largest absolute Gasteiger partial charge is 0.459 e. The lowest BCUT2D eigenvalue weighted by Gasteiger charge is -2.04. The van der Waals surface area contributed by atoms with Gasteiger partial charge in [0.15, 0.2) is 10.6 Å². The van der Waals surface area contributed by atoms with Crippen molar-refractivity contribution in [2.45, 2.75) is 6.92 Å². The van der Waals surface area contributed by atoms with Crippen LogP contribution in [0.3, 0.4) is 0 Å². The number of thiazole rings is 1. The molecule has 0 atom stereocenters. The van der Waals surface area contributed by atoms with Gasteiger partial charge in [0.05, 0.1) is 12.0 Å². The van der Waals surface area contributed by atoms with Gasteiger partial charge >= 0.3 is 5.91 Å². The van der Waals surface area contributed by atoms with Crippen molar-refractivity contribution in [3.8, 4) is 11.3 Å². The predicted octanol–water partition coefficient (Wildman–Crippen LogP) is 4.05. The zero-order valence-electron chi connectivity index (χ0n) is 12.0. The molecule has 1 aromatic carbocycles. The highest BCUT2D eigenvalue weighted by molar-refractivity contribution is 7.09. The zero-order chi connectivity index (χ0) is 15.7. The van der Waals surface area contributed by atoms with E-state index in [1.165, 1.54) is 17.6 Å². The first kappa shape index (κ1) is 14.8. The third-order valence-corrected chi connectivity index (χ3v) is 4.55. The topological polar surface area (TPSA) is 47.5 Å². The highest BCUT2D eigenvalue weighted by Crippen LogP contribution is 2.25. The van der Waals surface area contributed by atoms with Crippen LogP contribution in [-0.2, 0) is 7.05 Å². The first-order valence-corrected chi connectivity index (χ1v) is 7.80. The summed E-state index contributed by atoms with van der Waals surface area (Å²) < 4.78 is 6.99. The summed E-state index contributed by atoms with van der Waals surface area (Å²) in [7, 11) is 1.89. The molecule has 0 N–H and O–H groups in total. The summed E-state index contributed by atoms with van der Waals surface area (Å²) in [5.74, 6) is -0.149. The Morgan fingerprint density at radius 3 is 2.64 bits per heavy atom. The molecule has 3 aromatic rings. The van der Waals surface area contributed by atoms with Gasteiger partial charge in [0, 0.05) is 16.9 Å². The summed E-state index contributed by atoms with van der Waals surface area (Å²) in [6, 6.07) is 10.9. The number of rotatable bonds is 2. The highest BCUT2D eigenvalue weighted by Gasteiger charge is 2.12. The smallest absolute Gasteiger partial charge is 0.315 e. The van der Waals surface area contributed by atoms with Crippen molar-refractivity contribution in [3.05, 3.63) is 63.1 Å². The molecule has 0 aliphatic carbocycles. The first-order valence-electron chi connectivity index (χ1n) is 6.61. The van der Waals surface area contributed by atoms with Crippen LogP contribution in [0, 0.1) is 6.92 Å². The monoisotopic (exact) mass is 332 g/mol. The van der Waals surface area contributed by atoms with Crippen LogP contribution in [0.2, 0.25) is 5.02 Å². The van der Waals surface area contributed by atoms with E-state index >= 15 is 0 Å². The Hall–Kier alpha value is -2.11. The number of hydrogen-bond acceptors (Lipinski definition) is 3. The molecule has 112 valence electrons. The first-order chi connectivity index (χ1) is 10.6. The second-order valence-corrected chi connectivity index (χ2v) is 6.37. The molecule has 0 bridgehead atoms. The van der Waals surface area contributed by atoms with Gasteiger partial charge in [-0.05, 0) is 36.8 Å². The van der Waals surface area contributed by atoms with Gasteiger partial charge in [-0.1, -0.05) is 23.7 Å². The average Bonchev–Trinajstić information content (AvgIpc) is 3.10. The molecule has 0 aliphatic rings. The Kier molecular flexibility index (Phi) is 4.00. The number of furan rings is 1. The maximum absolute atomic E-state index is 12.0. The minimum absolute atomic E-state index is 0.235. The van der Waals surface area contributed by atoms with E-state index in [1.807, 2.05) is 42.8 Å². The summed E-state index contributed by atoms with van der Waals surface area (Å²) in [4.78, 5) is 17.9. The fourth-order valence-electron chi connectivity index (χ4n) is 2.23. The van der Waals surface area contributed by atoms with Crippen LogP contribution < -0.4 is 4.80 Å². The van der Waals surface area contributed by atoms with E-state index in [0.717, 1.165) is 16.1 Å². The van der Waals surface area contributed by atoms with Crippen LogP contribution in [0.25, 0.3) is 11.3 Å². The Bertz CT molecular complexity index is 874. The Morgan fingerprint density at radius 1 is 1.27 bits per heavy atom. The standard InChI is InChI=1S/C16H13ClN2O2S/c1-10-14(11-5-7-12(17)8-6-11)19(2)16(22-10)18-15(20)13-4-3-9-21-13/h3-9H,1-2H3. The molecule has 0 fully saturated rings. The molecule has 0 unspecified atom stereocenters. The van der Waals surface area contributed by atoms with Crippen molar-refractivity contribution in [2.75, 3.05) is 0 Å². The zero-order valence-corrected chi connectivity index (χ0v) is 13.6. The van der Waals surface area contributed by atoms with E-state index in [0.29, 0.717) is 9.82 Å². The fraction of sp³-hybridized carbons (Fsp3) is 0.125. The number of carbonyl (C=O) groups excluding carboxylic acids is 1. The van der Waals surface area contributed by atoms with E-state index < -0.39 is 0 Å². The van der Waals surface area contributed by atoms with Gasteiger partial charge in [-0.2, -0.15) is 4.99 Å². The summed E-state index contributed by atoms with van der Waals surface area (Å²) >= 11 is 7.40. The van der Waals surface area contributed by atoms with Crippen molar-refractivity contribution in [1.82, 2.24) is 4.57 Å². The maximum Gasteiger partial charge on any atom is 0.315 e. The number of nitrogens with zero attached hydrogens (tertiary/aromatic N) is 2. The second kappa shape index (κ2) is 5.94. The van der Waals surface area contributed by atoms with Crippen LogP contribution in [0.4, 0.5) is 0 Å². The van der Waals surface area contributed by atoms with Crippen LogP contribution >= 0.6 is 22.9 Å². The molecule has 0 saturated carbocycles. The number of amides is 1. The SMILES string of the molecule is Cc1sc(=NC(=O)c2ccco2)n(C)c1-c1ccc(Cl)cc1. The Balaban J connectivity index is 2.07. The van der Waals surface area contributed by atoms with Gasteiger partial charge in [-0.15, -0.1) is 11.3 Å². The molecule has 0 spiro atoms. The number of aryl methyl sites for hydroxylation is 1. The second-order valence-electron chi connectivity index (χ2n) is 4.75. The van der Waals surface area contributed by atoms with E-state index in [2.05, 4.69) is 4.99 Å². The molecule has 0 saturated heterocycles. The molecule has 2 aromatic heterocycles. The molecular weight excluding hydrogens is 320 g/mol. The fourth-order valence-corrected chi connectivity index (χ4v) is 3.34. The summed E-state index contributed by atoms with van der Waals surface area (Å²) in [6.45, 7) is 2.00. The van der Waals surface area contributed by atoms with E-state index in [4.69, 9.17) is 16.0 Å². The van der Waals surface area contributed by atoms with Crippen molar-refractivity contribution < 1.29 is 9.21 Å². The predicted molar refractivity (Wildman–Crippen MR) is 87.1 cm³/mol. The van der Waals surface area contributed by atoms with Crippen LogP contribution in [0.5, 0.6) is 0 Å². The van der Waals surface area contributed by atoms with Crippen molar-refractivity contribution in [3.63, 3.8) is 0 Å². The molecule has 0 radical (unpaired) electrons. The lowest BCUT2D eigenvalue weighted by molar-refractivity contribution is 0.0971. The molecule has 1 amide bonds. The Labute approximate surface area is 136 Å². The molecule has 2 heterocycles. The molecular formula is C16H13ClN2O2S. The maximum atomic E-state index is 12.0. The lowest BCUT2D eigenvalue weighted by Crippen LogP contribution is -2.14. The third kappa shape index (κ3) is 2.77. The molecule has 22 heavy (non-hydrogen) atoms. The molecule has 6 heteroatoms. The number of aromatic nitrogens is 1. The molecule has 0 aliphatic heterocycles. The average molecular weight is 333 g/mol. The number of carbonyl (C=O) groups is 1. The van der Waals surface area contributed by atoms with Crippen molar-refractivity contribution >= 4 is 28.8 Å². The van der Waals surface area contributed by atoms with Gasteiger partial charge < -0.3 is 8.98 Å². The summed E-state index contributed by atoms with van der Waals surface area (Å²) in [5.41, 5.74) is 2.06. The lowest BCUT2D eigenvalue weighted by atomic mass is 10.1. The minimum Gasteiger partial charge on any atom is -0.459 e. The van der Waals surface area contributed by atoms with Gasteiger partial charge in [-0.3, -0.25) is 4.79 Å². The van der Waals surface area contributed by atoms with Crippen LogP contribution in [-0.4, -0.2) is 10.5 Å². The van der Waals surface area contributed by atoms with Crippen molar-refractivity contribution in [1.29, 1.82) is 0 Å². The van der Waals surface area contributed by atoms with Crippen molar-refractivity contribution in [2.24, 2.45) is 12.0 Å². The highest BCUT2D eigenvalue weighted by atomic mass is 35.5. The Morgan fingerprint density at radius 2 is 2.00 bits per heavy atom. The van der Waals surface area contributed by atoms with Gasteiger partial charge in [-0.25, -0.2) is 0 Å². The van der Waals surface area contributed by atoms with Crippen LogP contribution in [0.15, 0.2) is 52.1 Å². The number of halogens is 1. The van der Waals surface area contributed by atoms with Gasteiger partial charge in [0.2, 0.25) is 0 Å². The van der Waals surface area contributed by atoms with E-state index in [-0.39, 0.29) is 11.7 Å². The van der Waals surface area contributed by atoms with Crippen LogP contribution in [0.1, 0.15) is 15.4 Å². The number of benzene rings is 1. The quantitative estimate of drug-likeness (QED) is 0.710. The van der Waals surface area contributed by atoms with E-state index in [1.54, 1.807) is 12.1 Å². The normalized spacial score (nSPS) is 11.9. The van der Waals surface area contributed by atoms with Gasteiger partial charge in [0.25, 0.3) is 0 Å². The van der Waals surface area contributed by atoms with Gasteiger partial charge in [0.1, 0.15) is 0 Å². The minimum atomic E-state index is -0.385.